The first-order chi connectivity index (χ1) is 9.63. The van der Waals surface area contributed by atoms with Crippen LogP contribution in [0.4, 0.5) is 10.1 Å². The van der Waals surface area contributed by atoms with Gasteiger partial charge in [-0.2, -0.15) is 5.10 Å². The summed E-state index contributed by atoms with van der Waals surface area (Å²) in [6, 6.07) is 10.8. The van der Waals surface area contributed by atoms with E-state index in [-0.39, 0.29) is 11.5 Å². The Hall–Kier alpha value is -2.76. The van der Waals surface area contributed by atoms with Crippen molar-refractivity contribution < 1.29 is 9.31 Å². The summed E-state index contributed by atoms with van der Waals surface area (Å²) in [4.78, 5) is 10.3. The smallest absolute Gasteiger partial charge is 0.260 e. The number of hydrogen-bond acceptors (Lipinski definition) is 3. The maximum atomic E-state index is 12.9. The molecule has 1 heterocycles. The Bertz CT molecular complexity index is 781. The molecule has 0 saturated carbocycles. The molecule has 0 aliphatic carbocycles. The topological polar surface area (TPSA) is 61.0 Å². The quantitative estimate of drug-likeness (QED) is 0.543. The number of rotatable bonds is 3. The molecule has 0 aliphatic heterocycles. The van der Waals surface area contributed by atoms with Crippen LogP contribution in [0.1, 0.15) is 5.56 Å². The summed E-state index contributed by atoms with van der Waals surface area (Å²) in [5.41, 5.74) is 1.76. The minimum Gasteiger partial charge on any atom is -0.260 e. The summed E-state index contributed by atoms with van der Waals surface area (Å²) in [5.74, 6) is -0.283. The third-order valence-electron chi connectivity index (χ3n) is 3.08. The van der Waals surface area contributed by atoms with E-state index in [0.29, 0.717) is 11.9 Å². The van der Waals surface area contributed by atoms with E-state index in [4.69, 9.17) is 0 Å². The number of aromatic nitrogens is 2. The van der Waals surface area contributed by atoms with Crippen LogP contribution in [0.15, 0.2) is 48.7 Å². The highest BCUT2D eigenvalue weighted by atomic mass is 19.1. The van der Waals surface area contributed by atoms with Gasteiger partial charge in [0, 0.05) is 17.5 Å². The predicted molar refractivity (Wildman–Crippen MR) is 71.9 cm³/mol. The Morgan fingerprint density at radius 1 is 1.20 bits per heavy atom. The zero-order valence-electron chi connectivity index (χ0n) is 10.4. The Labute approximate surface area is 113 Å². The molecule has 0 bridgehead atoms. The van der Waals surface area contributed by atoms with Gasteiger partial charge in [-0.1, -0.05) is 12.1 Å². The first kappa shape index (κ1) is 12.3. The number of fused-ring (bicyclic) bond motifs is 1. The first-order valence-electron chi connectivity index (χ1n) is 5.98. The second kappa shape index (κ2) is 4.73. The van der Waals surface area contributed by atoms with Crippen LogP contribution in [0, 0.1) is 15.9 Å². The molecule has 0 fully saturated rings. The Morgan fingerprint density at radius 2 is 1.95 bits per heavy atom. The zero-order valence-corrected chi connectivity index (χ0v) is 10.4. The van der Waals surface area contributed by atoms with E-state index in [2.05, 4.69) is 5.10 Å². The van der Waals surface area contributed by atoms with Gasteiger partial charge in [0.1, 0.15) is 5.82 Å². The van der Waals surface area contributed by atoms with Crippen LogP contribution in [0.5, 0.6) is 0 Å². The fourth-order valence-electron chi connectivity index (χ4n) is 2.08. The van der Waals surface area contributed by atoms with Crippen molar-refractivity contribution in [1.82, 2.24) is 9.78 Å². The molecule has 1 aromatic heterocycles. The molecule has 0 amide bonds. The average Bonchev–Trinajstić information content (AvgIpc) is 2.84. The van der Waals surface area contributed by atoms with Gasteiger partial charge in [0.2, 0.25) is 0 Å². The zero-order chi connectivity index (χ0) is 14.1. The van der Waals surface area contributed by atoms with Crippen LogP contribution in [0.2, 0.25) is 0 Å². The molecule has 0 radical (unpaired) electrons. The third-order valence-corrected chi connectivity index (χ3v) is 3.08. The second-order valence-corrected chi connectivity index (χ2v) is 4.43. The fraction of sp³-hybridized carbons (Fsp3) is 0.0714. The lowest BCUT2D eigenvalue weighted by molar-refractivity contribution is -0.384. The summed E-state index contributed by atoms with van der Waals surface area (Å²) < 4.78 is 14.6. The normalized spacial score (nSPS) is 10.8. The monoisotopic (exact) mass is 271 g/mol. The summed E-state index contributed by atoms with van der Waals surface area (Å²) in [5, 5.41) is 15.6. The van der Waals surface area contributed by atoms with Crippen molar-refractivity contribution in [2.24, 2.45) is 0 Å². The lowest BCUT2D eigenvalue weighted by Gasteiger charge is -2.03. The number of halogens is 1. The summed E-state index contributed by atoms with van der Waals surface area (Å²) in [6.07, 6.45) is 1.59. The van der Waals surface area contributed by atoms with E-state index in [1.165, 1.54) is 24.3 Å². The Morgan fingerprint density at radius 3 is 2.65 bits per heavy atom. The number of nitro groups is 1. The van der Waals surface area contributed by atoms with Crippen molar-refractivity contribution in [3.05, 3.63) is 70.2 Å². The molecular weight excluding hydrogens is 261 g/mol. The summed E-state index contributed by atoms with van der Waals surface area (Å²) in [6.45, 7) is 0.488. The van der Waals surface area contributed by atoms with E-state index in [9.17, 15) is 14.5 Å². The van der Waals surface area contributed by atoms with Gasteiger partial charge < -0.3 is 0 Å². The van der Waals surface area contributed by atoms with Crippen LogP contribution < -0.4 is 0 Å². The second-order valence-electron chi connectivity index (χ2n) is 4.43. The molecule has 0 N–H and O–H groups in total. The number of hydrogen-bond donors (Lipinski definition) is 0. The maximum absolute atomic E-state index is 12.9. The van der Waals surface area contributed by atoms with Gasteiger partial charge in [-0.3, -0.25) is 14.8 Å². The van der Waals surface area contributed by atoms with Crippen molar-refractivity contribution in [3.63, 3.8) is 0 Å². The van der Waals surface area contributed by atoms with Crippen LogP contribution in [-0.4, -0.2) is 14.7 Å². The van der Waals surface area contributed by atoms with Gasteiger partial charge in [0.15, 0.2) is 0 Å². The molecule has 0 atom stereocenters. The van der Waals surface area contributed by atoms with Crippen molar-refractivity contribution in [2.75, 3.05) is 0 Å². The summed E-state index contributed by atoms with van der Waals surface area (Å²) in [7, 11) is 0. The maximum Gasteiger partial charge on any atom is 0.270 e. The van der Waals surface area contributed by atoms with Gasteiger partial charge in [-0.05, 0) is 23.8 Å². The highest BCUT2D eigenvalue weighted by Crippen LogP contribution is 2.21. The Balaban J connectivity index is 1.96. The molecule has 0 saturated heterocycles. The van der Waals surface area contributed by atoms with Crippen molar-refractivity contribution in [1.29, 1.82) is 0 Å². The van der Waals surface area contributed by atoms with Gasteiger partial charge in [-0.15, -0.1) is 0 Å². The molecule has 3 aromatic rings. The molecule has 2 aromatic carbocycles. The van der Waals surface area contributed by atoms with Crippen molar-refractivity contribution in [2.45, 2.75) is 6.54 Å². The molecule has 0 spiro atoms. The molecule has 20 heavy (non-hydrogen) atoms. The number of non-ortho nitro benzene ring substituents is 1. The van der Waals surface area contributed by atoms with E-state index in [0.717, 1.165) is 11.1 Å². The van der Waals surface area contributed by atoms with E-state index < -0.39 is 4.92 Å². The largest absolute Gasteiger partial charge is 0.270 e. The third kappa shape index (κ3) is 2.23. The fourth-order valence-corrected chi connectivity index (χ4v) is 2.08. The SMILES string of the molecule is O=[N+]([O-])c1ccc2c(cnn2Cc2ccc(F)cc2)c1. The predicted octanol–water partition coefficient (Wildman–Crippen LogP) is 3.13. The molecule has 100 valence electrons. The van der Waals surface area contributed by atoms with Crippen molar-refractivity contribution >= 4 is 16.6 Å². The molecular formula is C14H10FN3O2. The van der Waals surface area contributed by atoms with Crippen LogP contribution in [0.3, 0.4) is 0 Å². The Kier molecular flexibility index (Phi) is 2.90. The van der Waals surface area contributed by atoms with Gasteiger partial charge in [-0.25, -0.2) is 4.39 Å². The highest BCUT2D eigenvalue weighted by molar-refractivity contribution is 5.81. The number of benzene rings is 2. The standard InChI is InChI=1S/C14H10FN3O2/c15-12-3-1-10(2-4-12)9-17-14-6-5-13(18(19)20)7-11(14)8-16-17/h1-8H,9H2. The minimum absolute atomic E-state index is 0.0406. The van der Waals surface area contributed by atoms with Crippen molar-refractivity contribution in [3.8, 4) is 0 Å². The molecule has 6 heteroatoms. The van der Waals surface area contributed by atoms with E-state index in [1.54, 1.807) is 29.1 Å². The van der Waals surface area contributed by atoms with Crippen LogP contribution >= 0.6 is 0 Å². The molecule has 5 nitrogen and oxygen atoms in total. The average molecular weight is 271 g/mol. The number of nitro benzene ring substituents is 1. The molecule has 3 rings (SSSR count). The lowest BCUT2D eigenvalue weighted by atomic mass is 10.2. The minimum atomic E-state index is -0.434. The summed E-state index contributed by atoms with van der Waals surface area (Å²) >= 11 is 0. The van der Waals surface area contributed by atoms with E-state index in [1.807, 2.05) is 0 Å². The first-order valence-corrected chi connectivity index (χ1v) is 5.98. The highest BCUT2D eigenvalue weighted by Gasteiger charge is 2.09. The van der Waals surface area contributed by atoms with Crippen LogP contribution in [-0.2, 0) is 6.54 Å². The van der Waals surface area contributed by atoms with E-state index >= 15 is 0 Å². The lowest BCUT2D eigenvalue weighted by Crippen LogP contribution is -2.01. The van der Waals surface area contributed by atoms with Crippen LogP contribution in [0.25, 0.3) is 10.9 Å². The van der Waals surface area contributed by atoms with Gasteiger partial charge in [0.25, 0.3) is 5.69 Å². The number of nitrogens with zero attached hydrogens (tertiary/aromatic N) is 3. The van der Waals surface area contributed by atoms with Gasteiger partial charge >= 0.3 is 0 Å². The molecule has 0 aliphatic rings. The molecule has 0 unspecified atom stereocenters. The van der Waals surface area contributed by atoms with Gasteiger partial charge in [0.05, 0.1) is 23.2 Å².